The number of carbonyl (C=O) groups excluding carboxylic acids is 1. The Morgan fingerprint density at radius 2 is 1.82 bits per heavy atom. The summed E-state index contributed by atoms with van der Waals surface area (Å²) in [5.74, 6) is -0.506. The van der Waals surface area contributed by atoms with Gasteiger partial charge < -0.3 is 43.8 Å². The van der Waals surface area contributed by atoms with E-state index in [0.717, 1.165) is 36.8 Å². The maximum Gasteiger partial charge on any atom is 0.410 e. The van der Waals surface area contributed by atoms with E-state index in [9.17, 15) is 20.1 Å². The van der Waals surface area contributed by atoms with Crippen molar-refractivity contribution in [2.75, 3.05) is 66.5 Å². The first kappa shape index (κ1) is 39.4. The van der Waals surface area contributed by atoms with Crippen LogP contribution in [0.1, 0.15) is 63.4 Å². The van der Waals surface area contributed by atoms with E-state index in [0.29, 0.717) is 43.3 Å². The summed E-state index contributed by atoms with van der Waals surface area (Å²) in [6, 6.07) is 5.08. The zero-order valence-corrected chi connectivity index (χ0v) is 29.7. The number of nitrogens with zero attached hydrogens (tertiary/aromatic N) is 2. The minimum absolute atomic E-state index is 0.0876. The number of hydrogen-bond donors (Lipinski definition) is 3. The van der Waals surface area contributed by atoms with E-state index in [4.69, 9.17) is 28.5 Å². The average molecular weight is 701 g/mol. The van der Waals surface area contributed by atoms with Crippen LogP contribution in [-0.4, -0.2) is 110 Å². The van der Waals surface area contributed by atoms with Crippen molar-refractivity contribution in [2.24, 2.45) is 22.9 Å². The fourth-order valence-corrected chi connectivity index (χ4v) is 7.86. The lowest BCUT2D eigenvalue weighted by atomic mass is 9.55. The van der Waals surface area contributed by atoms with Gasteiger partial charge in [0, 0.05) is 37.7 Å². The summed E-state index contributed by atoms with van der Waals surface area (Å²) in [4.78, 5) is 21.0. The predicted molar refractivity (Wildman–Crippen MR) is 189 cm³/mol. The molecule has 1 aromatic rings. The van der Waals surface area contributed by atoms with Gasteiger partial charge in [-0.15, -0.1) is 6.58 Å². The number of ether oxygens (including phenoxy) is 5. The molecule has 12 nitrogen and oxygen atoms in total. The molecule has 1 aromatic carbocycles. The molecule has 1 fully saturated rings. The number of aliphatic hydroxyl groups is 3. The summed E-state index contributed by atoms with van der Waals surface area (Å²) >= 11 is 0. The Morgan fingerprint density at radius 3 is 2.50 bits per heavy atom. The van der Waals surface area contributed by atoms with E-state index in [-0.39, 0.29) is 70.4 Å². The number of rotatable bonds is 22. The molecule has 2 aliphatic carbocycles. The van der Waals surface area contributed by atoms with Crippen LogP contribution in [0.25, 0.3) is 0 Å². The largest absolute Gasteiger partial charge is 0.490 e. The van der Waals surface area contributed by atoms with Crippen molar-refractivity contribution >= 4 is 11.8 Å². The Bertz CT molecular complexity index is 1320. The van der Waals surface area contributed by atoms with E-state index in [1.807, 2.05) is 25.1 Å². The van der Waals surface area contributed by atoms with Gasteiger partial charge in [-0.3, -0.25) is 4.90 Å². The third-order valence-electron chi connectivity index (χ3n) is 9.81. The lowest BCUT2D eigenvalue weighted by Crippen LogP contribution is -2.70. The highest BCUT2D eigenvalue weighted by Gasteiger charge is 2.65. The van der Waals surface area contributed by atoms with Crippen molar-refractivity contribution in [1.82, 2.24) is 4.90 Å². The number of methoxy groups -OCH3 is 1. The number of aliphatic hydroxyl groups excluding tert-OH is 3. The molecule has 6 atom stereocenters. The molecule has 1 amide bonds. The second-order valence-corrected chi connectivity index (χ2v) is 12.8. The first-order chi connectivity index (χ1) is 24.4. The van der Waals surface area contributed by atoms with E-state index < -0.39 is 23.8 Å². The van der Waals surface area contributed by atoms with E-state index in [2.05, 4.69) is 24.4 Å². The number of oxime groups is 1. The first-order valence-electron chi connectivity index (χ1n) is 17.9. The smallest absolute Gasteiger partial charge is 0.410 e. The van der Waals surface area contributed by atoms with Crippen molar-refractivity contribution in [2.45, 2.75) is 69.6 Å². The van der Waals surface area contributed by atoms with Crippen LogP contribution in [0.4, 0.5) is 4.79 Å². The Kier molecular flexibility index (Phi) is 15.6. The molecule has 3 N–H and O–H groups in total. The van der Waals surface area contributed by atoms with Crippen molar-refractivity contribution in [3.8, 4) is 11.5 Å². The second-order valence-electron chi connectivity index (χ2n) is 12.8. The zero-order valence-electron chi connectivity index (χ0n) is 29.7. The van der Waals surface area contributed by atoms with Gasteiger partial charge in [0.15, 0.2) is 0 Å². The number of fused-ring (bicyclic) bond motifs is 2. The average Bonchev–Trinajstić information content (AvgIpc) is 3.13. The quantitative estimate of drug-likeness (QED) is 0.0859. The maximum absolute atomic E-state index is 13.7. The van der Waals surface area contributed by atoms with Gasteiger partial charge in [-0.2, -0.15) is 0 Å². The minimum atomic E-state index is -1.40. The lowest BCUT2D eigenvalue weighted by Gasteiger charge is -2.59. The molecule has 278 valence electrons. The molecule has 12 heteroatoms. The van der Waals surface area contributed by atoms with Crippen molar-refractivity contribution in [1.29, 1.82) is 0 Å². The molecule has 50 heavy (non-hydrogen) atoms. The number of carbonyl (C=O) groups is 1. The molecule has 1 heterocycles. The van der Waals surface area contributed by atoms with E-state index in [1.54, 1.807) is 17.1 Å². The first-order valence-corrected chi connectivity index (χ1v) is 17.9. The highest BCUT2D eigenvalue weighted by molar-refractivity contribution is 6.02. The molecule has 3 aliphatic rings. The second kappa shape index (κ2) is 19.8. The van der Waals surface area contributed by atoms with E-state index >= 15 is 0 Å². The molecule has 0 radical (unpaired) electrons. The van der Waals surface area contributed by atoms with Crippen LogP contribution in [0, 0.1) is 17.8 Å². The standard InChI is InChI=1S/C38H56N2O10/c1-5-20-47-28-14-15-33-31(25-28)35-29(13-9-11-18-42)27(12-8-10-17-41)24-30-32(39-49-7-3)26-34(38(50-33,36(30)35)48-21-6-2)40(37(44)45-4)16-22-46-23-19-43/h5-6,14-15,24-25,27,29,34-36,41-43H,1-2,7-13,16-23,26H2,3-4H3. The Balaban J connectivity index is 2.01. The van der Waals surface area contributed by atoms with Gasteiger partial charge in [0.25, 0.3) is 0 Å². The lowest BCUT2D eigenvalue weighted by molar-refractivity contribution is -0.255. The normalized spacial score (nSPS) is 25.8. The molecule has 4 rings (SSSR count). The monoisotopic (exact) mass is 700 g/mol. The summed E-state index contributed by atoms with van der Waals surface area (Å²) in [6.07, 6.45) is 10.0. The summed E-state index contributed by atoms with van der Waals surface area (Å²) in [6.45, 7) is 11.0. The molecular weight excluding hydrogens is 644 g/mol. The van der Waals surface area contributed by atoms with Crippen molar-refractivity contribution in [3.05, 3.63) is 60.7 Å². The van der Waals surface area contributed by atoms with Crippen molar-refractivity contribution < 1.29 is 48.6 Å². The van der Waals surface area contributed by atoms with Gasteiger partial charge in [0.2, 0.25) is 5.79 Å². The SMILES string of the molecule is C=CCOc1ccc2c(c1)C1C(CCCCO)C(CCCCO)C=C3C(=NOCC)CC(N(CCOCCO)C(=O)OC)C(OCC=C)(O2)C31. The molecule has 0 saturated heterocycles. The number of allylic oxidation sites excluding steroid dienone is 1. The van der Waals surface area contributed by atoms with E-state index in [1.165, 1.54) is 7.11 Å². The topological polar surface area (TPSA) is 149 Å². The fourth-order valence-electron chi connectivity index (χ4n) is 7.86. The molecule has 6 unspecified atom stereocenters. The van der Waals surface area contributed by atoms with Gasteiger partial charge in [-0.25, -0.2) is 4.79 Å². The third-order valence-corrected chi connectivity index (χ3v) is 9.81. The molecular formula is C38H56N2O10. The predicted octanol–water partition coefficient (Wildman–Crippen LogP) is 4.98. The molecule has 0 spiro atoms. The van der Waals surface area contributed by atoms with Gasteiger partial charge in [0.1, 0.15) is 30.8 Å². The van der Waals surface area contributed by atoms with Gasteiger partial charge in [-0.1, -0.05) is 42.8 Å². The van der Waals surface area contributed by atoms with Crippen LogP contribution in [0.2, 0.25) is 0 Å². The number of amides is 1. The van der Waals surface area contributed by atoms with Gasteiger partial charge in [-0.05, 0) is 68.2 Å². The van der Waals surface area contributed by atoms with Gasteiger partial charge in [0.05, 0.1) is 45.2 Å². The van der Waals surface area contributed by atoms with Crippen LogP contribution < -0.4 is 9.47 Å². The van der Waals surface area contributed by atoms with Crippen LogP contribution in [0.3, 0.4) is 0 Å². The van der Waals surface area contributed by atoms with Gasteiger partial charge >= 0.3 is 6.09 Å². The molecule has 0 aromatic heterocycles. The van der Waals surface area contributed by atoms with Crippen LogP contribution >= 0.6 is 0 Å². The minimum Gasteiger partial charge on any atom is -0.490 e. The summed E-state index contributed by atoms with van der Waals surface area (Å²) < 4.78 is 31.0. The third kappa shape index (κ3) is 8.89. The molecule has 1 saturated carbocycles. The van der Waals surface area contributed by atoms with Crippen LogP contribution in [-0.2, 0) is 19.0 Å². The highest BCUT2D eigenvalue weighted by atomic mass is 16.7. The summed E-state index contributed by atoms with van der Waals surface area (Å²) in [5.41, 5.74) is 2.61. The number of hydrogen-bond acceptors (Lipinski definition) is 11. The van der Waals surface area contributed by atoms with Crippen LogP contribution in [0.15, 0.2) is 60.3 Å². The summed E-state index contributed by atoms with van der Waals surface area (Å²) in [5, 5.41) is 33.5. The number of unbranched alkanes of at least 4 members (excludes halogenated alkanes) is 2. The zero-order chi connectivity index (χ0) is 35.9. The molecule has 0 bridgehead atoms. The maximum atomic E-state index is 13.7. The fraction of sp³-hybridized carbons (Fsp3) is 0.632. The Morgan fingerprint density at radius 1 is 1.06 bits per heavy atom. The highest BCUT2D eigenvalue weighted by Crippen LogP contribution is 2.61. The van der Waals surface area contributed by atoms with Crippen molar-refractivity contribution in [3.63, 3.8) is 0 Å². The Labute approximate surface area is 296 Å². The molecule has 1 aliphatic heterocycles. The Hall–Kier alpha value is -3.42. The van der Waals surface area contributed by atoms with Crippen LogP contribution in [0.5, 0.6) is 11.5 Å². The summed E-state index contributed by atoms with van der Waals surface area (Å²) in [7, 11) is 1.34. The number of benzene rings is 1.